The van der Waals surface area contributed by atoms with Gasteiger partial charge in [-0.25, -0.2) is 4.98 Å². The van der Waals surface area contributed by atoms with Crippen LogP contribution in [0.2, 0.25) is 0 Å². The average molecular weight is 799 g/mol. The SMILES string of the molecule is COC1C=COC2(C)Oc3c(C)c(=O)c4c(O)c(c5oc6cccc(C)c6nc5c4c3C2=O)NC(=O)C(C)=CC=CC(C)C(O)C(C)C(O)C(C)C(OC(C)=O)C1C. The van der Waals surface area contributed by atoms with Gasteiger partial charge in [0.2, 0.25) is 0 Å². The van der Waals surface area contributed by atoms with E-state index in [0.29, 0.717) is 11.1 Å². The van der Waals surface area contributed by atoms with Gasteiger partial charge in [0.1, 0.15) is 28.6 Å². The number of nitrogens with zero attached hydrogens (tertiary/aromatic N) is 1. The van der Waals surface area contributed by atoms with Crippen molar-refractivity contribution in [2.75, 3.05) is 12.4 Å². The molecule has 0 saturated heterocycles. The number of rotatable bonds is 2. The molecule has 308 valence electrons. The Morgan fingerprint density at radius 1 is 0.948 bits per heavy atom. The van der Waals surface area contributed by atoms with E-state index in [2.05, 4.69) is 5.32 Å². The van der Waals surface area contributed by atoms with Crippen LogP contribution in [0.5, 0.6) is 11.5 Å². The molecule has 1 amide bonds. The molecule has 9 atom stereocenters. The molecule has 6 rings (SSSR count). The van der Waals surface area contributed by atoms with Gasteiger partial charge in [0.05, 0.1) is 35.5 Å². The summed E-state index contributed by atoms with van der Waals surface area (Å²) in [7, 11) is 1.45. The van der Waals surface area contributed by atoms with Crippen LogP contribution in [-0.2, 0) is 23.8 Å². The summed E-state index contributed by atoms with van der Waals surface area (Å²) >= 11 is 0. The Balaban J connectivity index is 1.59. The fraction of sp³-hybridized carbons (Fsp3) is 0.432. The van der Waals surface area contributed by atoms with E-state index in [1.54, 1.807) is 52.0 Å². The zero-order chi connectivity index (χ0) is 42.5. The number of aromatic hydroxyl groups is 1. The molecule has 3 heterocycles. The molecule has 4 bridgehead atoms. The molecular formula is C44H50N2O12. The number of carbonyl (C=O) groups excluding carboxylic acids is 3. The number of anilines is 1. The van der Waals surface area contributed by atoms with Gasteiger partial charge in [0.15, 0.2) is 22.3 Å². The normalized spacial score (nSPS) is 28.4. The van der Waals surface area contributed by atoms with Gasteiger partial charge in [-0.05, 0) is 38.5 Å². The minimum absolute atomic E-state index is 0.00502. The summed E-state index contributed by atoms with van der Waals surface area (Å²) in [5.74, 6) is -7.10. The Morgan fingerprint density at radius 3 is 2.33 bits per heavy atom. The van der Waals surface area contributed by atoms with Crippen molar-refractivity contribution in [1.82, 2.24) is 4.98 Å². The molecule has 4 N–H and O–H groups in total. The van der Waals surface area contributed by atoms with Crippen LogP contribution in [-0.4, -0.2) is 75.3 Å². The molecule has 0 fully saturated rings. The quantitative estimate of drug-likeness (QED) is 0.0761. The molecular weight excluding hydrogens is 748 g/mol. The molecule has 0 radical (unpaired) electrons. The number of hydrogen-bond acceptors (Lipinski definition) is 13. The molecule has 1 aromatic heterocycles. The van der Waals surface area contributed by atoms with Crippen LogP contribution in [0, 0.1) is 37.5 Å². The van der Waals surface area contributed by atoms with Crippen molar-refractivity contribution in [1.29, 1.82) is 0 Å². The second-order valence-corrected chi connectivity index (χ2v) is 15.6. The smallest absolute Gasteiger partial charge is 0.312 e. The van der Waals surface area contributed by atoms with Crippen LogP contribution in [0.25, 0.3) is 33.0 Å². The van der Waals surface area contributed by atoms with Crippen LogP contribution in [0.1, 0.15) is 70.0 Å². The highest BCUT2D eigenvalue weighted by Crippen LogP contribution is 2.48. The van der Waals surface area contributed by atoms with Crippen molar-refractivity contribution >= 4 is 56.3 Å². The molecule has 2 aliphatic heterocycles. The first-order chi connectivity index (χ1) is 27.3. The van der Waals surface area contributed by atoms with E-state index in [9.17, 15) is 34.5 Å². The summed E-state index contributed by atoms with van der Waals surface area (Å²) in [5.41, 5.74) is 0.593. The lowest BCUT2D eigenvalue weighted by molar-refractivity contribution is -0.160. The van der Waals surface area contributed by atoms with E-state index in [1.165, 1.54) is 53.2 Å². The Labute approximate surface area is 335 Å². The number of allylic oxidation sites excluding steroid dienone is 2. The number of hydrogen-bond donors (Lipinski definition) is 4. The fourth-order valence-electron chi connectivity index (χ4n) is 7.97. The second kappa shape index (κ2) is 16.0. The van der Waals surface area contributed by atoms with E-state index in [4.69, 9.17) is 28.3 Å². The lowest BCUT2D eigenvalue weighted by Gasteiger charge is -2.38. The molecule has 0 aliphatic carbocycles. The van der Waals surface area contributed by atoms with Crippen molar-refractivity contribution < 1.29 is 53.1 Å². The predicted octanol–water partition coefficient (Wildman–Crippen LogP) is 6.31. The van der Waals surface area contributed by atoms with E-state index < -0.39 is 82.7 Å². The third-order valence-electron chi connectivity index (χ3n) is 11.6. The predicted molar refractivity (Wildman–Crippen MR) is 217 cm³/mol. The molecule has 3 aromatic carbocycles. The number of benzene rings is 3. The second-order valence-electron chi connectivity index (χ2n) is 15.6. The highest BCUT2D eigenvalue weighted by molar-refractivity contribution is 6.26. The third-order valence-corrected chi connectivity index (χ3v) is 11.6. The Bertz CT molecular complexity index is 2480. The number of fused-ring (bicyclic) bond motifs is 2. The molecule has 4 aromatic rings. The summed E-state index contributed by atoms with van der Waals surface area (Å²) in [6, 6.07) is 5.24. The molecule has 14 heteroatoms. The number of Topliss-reactive ketones (excluding diaryl/α,β-unsaturated/α-hetero) is 1. The Kier molecular flexibility index (Phi) is 11.6. The number of aliphatic hydroxyl groups is 2. The van der Waals surface area contributed by atoms with Crippen molar-refractivity contribution in [2.45, 2.75) is 92.5 Å². The molecule has 0 spiro atoms. The van der Waals surface area contributed by atoms with Gasteiger partial charge in [-0.1, -0.05) is 58.1 Å². The Morgan fingerprint density at radius 2 is 1.66 bits per heavy atom. The van der Waals surface area contributed by atoms with Crippen molar-refractivity contribution in [2.24, 2.45) is 23.7 Å². The van der Waals surface area contributed by atoms with Crippen molar-refractivity contribution in [3.05, 3.63) is 81.3 Å². The van der Waals surface area contributed by atoms with E-state index in [1.807, 2.05) is 13.0 Å². The maximum atomic E-state index is 14.6. The zero-order valence-electron chi connectivity index (χ0n) is 34.2. The van der Waals surface area contributed by atoms with Gasteiger partial charge in [-0.2, -0.15) is 0 Å². The summed E-state index contributed by atoms with van der Waals surface area (Å²) in [5, 5.41) is 37.2. The number of esters is 1. The van der Waals surface area contributed by atoms with Gasteiger partial charge in [-0.15, -0.1) is 0 Å². The van der Waals surface area contributed by atoms with Gasteiger partial charge in [-0.3, -0.25) is 19.2 Å². The van der Waals surface area contributed by atoms with Crippen molar-refractivity contribution in [3.63, 3.8) is 0 Å². The van der Waals surface area contributed by atoms with Crippen LogP contribution >= 0.6 is 0 Å². The zero-order valence-corrected chi connectivity index (χ0v) is 34.2. The van der Waals surface area contributed by atoms with Crippen LogP contribution in [0.3, 0.4) is 0 Å². The monoisotopic (exact) mass is 798 g/mol. The first-order valence-electron chi connectivity index (χ1n) is 19.2. The minimum atomic E-state index is -2.02. The van der Waals surface area contributed by atoms with Crippen molar-refractivity contribution in [3.8, 4) is 11.5 Å². The number of methoxy groups -OCH3 is 1. The summed E-state index contributed by atoms with van der Waals surface area (Å²) < 4.78 is 30.1. The lowest BCUT2D eigenvalue weighted by Crippen LogP contribution is -2.46. The number of phenolic OH excluding ortho intramolecular Hbond substituents is 1. The maximum absolute atomic E-state index is 14.6. The summed E-state index contributed by atoms with van der Waals surface area (Å²) in [4.78, 5) is 59.8. The van der Waals surface area contributed by atoms with Crippen LogP contribution in [0.4, 0.5) is 5.69 Å². The minimum Gasteiger partial charge on any atom is -0.505 e. The largest absolute Gasteiger partial charge is 0.505 e. The Hall–Kier alpha value is -5.57. The first-order valence-corrected chi connectivity index (χ1v) is 19.2. The van der Waals surface area contributed by atoms with Gasteiger partial charge in [0.25, 0.3) is 11.7 Å². The number of amides is 1. The number of aryl methyl sites for hydroxylation is 1. The molecule has 58 heavy (non-hydrogen) atoms. The maximum Gasteiger partial charge on any atom is 0.312 e. The highest BCUT2D eigenvalue weighted by atomic mass is 16.7. The third kappa shape index (κ3) is 7.24. The number of nitrogens with one attached hydrogen (secondary N) is 1. The lowest BCUT2D eigenvalue weighted by atomic mass is 9.78. The molecule has 2 aliphatic rings. The fourth-order valence-corrected chi connectivity index (χ4v) is 7.97. The number of aliphatic hydroxyl groups excluding tert-OH is 2. The number of ether oxygens (including phenoxy) is 4. The van der Waals surface area contributed by atoms with Crippen LogP contribution < -0.4 is 15.5 Å². The van der Waals surface area contributed by atoms with E-state index in [-0.39, 0.29) is 50.0 Å². The molecule has 9 unspecified atom stereocenters. The van der Waals surface area contributed by atoms with E-state index in [0.717, 1.165) is 5.56 Å². The standard InChI is InChI=1S/C44H50N2O12/c1-19-13-12-16-28-32(19)45-33-29-30-37(50)25(7)40-31(29)42(52)44(9,58-40)55-18-17-27(54-10)22(4)39(56-26(8)47)24(6)36(49)23(5)35(48)20(2)14-11-15-21(3)43(53)46-34(38(30)51)41(33)57-28/h11-18,20,22-24,27,35-36,39,48-49,51H,1-10H3,(H,46,53). The molecule has 0 saturated carbocycles. The number of aromatic nitrogens is 1. The number of carbonyl (C=O) groups is 3. The summed E-state index contributed by atoms with van der Waals surface area (Å²) in [6.07, 6.45) is 3.67. The first kappa shape index (κ1) is 42.0. The van der Waals surface area contributed by atoms with Crippen LogP contribution in [0.15, 0.2) is 63.6 Å². The summed E-state index contributed by atoms with van der Waals surface area (Å²) in [6.45, 7) is 14.4. The van der Waals surface area contributed by atoms with Gasteiger partial charge >= 0.3 is 11.8 Å². The molecule has 14 nitrogen and oxygen atoms in total. The number of ketones is 1. The number of para-hydroxylation sites is 1. The number of phenols is 1. The van der Waals surface area contributed by atoms with Gasteiger partial charge < -0.3 is 44.0 Å². The van der Waals surface area contributed by atoms with Gasteiger partial charge in [0, 0.05) is 61.2 Å². The topological polar surface area (TPSA) is 204 Å². The van der Waals surface area contributed by atoms with E-state index >= 15 is 0 Å². The average Bonchev–Trinajstić information content (AvgIpc) is 3.45. The highest BCUT2D eigenvalue weighted by Gasteiger charge is 2.49.